The second kappa shape index (κ2) is 4.26. The molecule has 84 valence electrons. The fourth-order valence-corrected chi connectivity index (χ4v) is 3.47. The molecule has 1 fully saturated rings. The SMILES string of the molecule is CC1(C)CCCCC1C(O)c1ccsc1. The van der Waals surface area contributed by atoms with Gasteiger partial charge in [-0.3, -0.25) is 0 Å². The maximum atomic E-state index is 10.4. The van der Waals surface area contributed by atoms with Crippen molar-refractivity contribution in [1.82, 2.24) is 0 Å². The monoisotopic (exact) mass is 224 g/mol. The van der Waals surface area contributed by atoms with E-state index in [1.807, 2.05) is 5.38 Å². The van der Waals surface area contributed by atoms with E-state index < -0.39 is 0 Å². The van der Waals surface area contributed by atoms with Crippen LogP contribution in [0, 0.1) is 11.3 Å². The molecule has 2 heteroatoms. The van der Waals surface area contributed by atoms with Crippen LogP contribution in [0.1, 0.15) is 51.2 Å². The molecule has 1 saturated carbocycles. The molecule has 0 aromatic carbocycles. The van der Waals surface area contributed by atoms with Crippen molar-refractivity contribution in [3.63, 3.8) is 0 Å². The van der Waals surface area contributed by atoms with Crippen LogP contribution in [0.5, 0.6) is 0 Å². The first-order valence-electron chi connectivity index (χ1n) is 5.81. The second-order valence-electron chi connectivity index (χ2n) is 5.34. The lowest BCUT2D eigenvalue weighted by Crippen LogP contribution is -2.32. The molecule has 0 spiro atoms. The normalized spacial score (nSPS) is 27.5. The van der Waals surface area contributed by atoms with E-state index in [4.69, 9.17) is 0 Å². The molecule has 1 aliphatic carbocycles. The number of hydrogen-bond acceptors (Lipinski definition) is 2. The largest absolute Gasteiger partial charge is 0.388 e. The molecule has 0 amide bonds. The van der Waals surface area contributed by atoms with Gasteiger partial charge in [-0.05, 0) is 46.6 Å². The van der Waals surface area contributed by atoms with Crippen LogP contribution in [0.2, 0.25) is 0 Å². The van der Waals surface area contributed by atoms with Gasteiger partial charge in [0.1, 0.15) is 0 Å². The van der Waals surface area contributed by atoms with Gasteiger partial charge in [0.2, 0.25) is 0 Å². The summed E-state index contributed by atoms with van der Waals surface area (Å²) in [5, 5.41) is 14.5. The van der Waals surface area contributed by atoms with Gasteiger partial charge >= 0.3 is 0 Å². The van der Waals surface area contributed by atoms with Crippen molar-refractivity contribution in [2.24, 2.45) is 11.3 Å². The summed E-state index contributed by atoms with van der Waals surface area (Å²) in [5.41, 5.74) is 1.40. The number of aliphatic hydroxyl groups excluding tert-OH is 1. The lowest BCUT2D eigenvalue weighted by Gasteiger charge is -2.41. The van der Waals surface area contributed by atoms with Gasteiger partial charge in [0.05, 0.1) is 6.10 Å². The third kappa shape index (κ3) is 2.26. The van der Waals surface area contributed by atoms with Crippen LogP contribution in [0.4, 0.5) is 0 Å². The van der Waals surface area contributed by atoms with Gasteiger partial charge in [-0.1, -0.05) is 26.7 Å². The highest BCUT2D eigenvalue weighted by atomic mass is 32.1. The maximum absolute atomic E-state index is 10.4. The molecule has 2 atom stereocenters. The van der Waals surface area contributed by atoms with Crippen LogP contribution in [0.15, 0.2) is 16.8 Å². The van der Waals surface area contributed by atoms with E-state index >= 15 is 0 Å². The van der Waals surface area contributed by atoms with Crippen LogP contribution < -0.4 is 0 Å². The first kappa shape index (κ1) is 11.2. The topological polar surface area (TPSA) is 20.2 Å². The Balaban J connectivity index is 2.15. The van der Waals surface area contributed by atoms with Gasteiger partial charge in [-0.15, -0.1) is 0 Å². The fourth-order valence-electron chi connectivity index (χ4n) is 2.78. The van der Waals surface area contributed by atoms with E-state index in [2.05, 4.69) is 25.3 Å². The zero-order valence-corrected chi connectivity index (χ0v) is 10.4. The molecule has 1 aromatic rings. The van der Waals surface area contributed by atoms with E-state index in [9.17, 15) is 5.11 Å². The summed E-state index contributed by atoms with van der Waals surface area (Å²) < 4.78 is 0. The Morgan fingerprint density at radius 2 is 2.27 bits per heavy atom. The molecular formula is C13H20OS. The molecular weight excluding hydrogens is 204 g/mol. The predicted molar refractivity (Wildman–Crippen MR) is 65.0 cm³/mol. The zero-order valence-electron chi connectivity index (χ0n) is 9.57. The Bertz CT molecular complexity index is 302. The summed E-state index contributed by atoms with van der Waals surface area (Å²) in [4.78, 5) is 0. The standard InChI is InChI=1S/C13H20OS/c1-13(2)7-4-3-5-11(13)12(14)10-6-8-15-9-10/h6,8-9,11-12,14H,3-5,7H2,1-2H3. The quantitative estimate of drug-likeness (QED) is 0.805. The summed E-state index contributed by atoms with van der Waals surface area (Å²) in [7, 11) is 0. The van der Waals surface area contributed by atoms with Crippen molar-refractivity contribution < 1.29 is 5.11 Å². The van der Waals surface area contributed by atoms with Gasteiger partial charge < -0.3 is 5.11 Å². The first-order chi connectivity index (χ1) is 7.11. The number of hydrogen-bond donors (Lipinski definition) is 1. The molecule has 1 aliphatic rings. The number of aliphatic hydroxyl groups is 1. The predicted octanol–water partition coefficient (Wildman–Crippen LogP) is 4.00. The van der Waals surface area contributed by atoms with Crippen molar-refractivity contribution >= 4 is 11.3 Å². The molecule has 1 heterocycles. The third-order valence-corrected chi connectivity index (χ3v) is 4.56. The van der Waals surface area contributed by atoms with Gasteiger partial charge in [0.15, 0.2) is 0 Å². The summed E-state index contributed by atoms with van der Waals surface area (Å²) in [6, 6.07) is 2.06. The number of thiophene rings is 1. The highest BCUT2D eigenvalue weighted by Crippen LogP contribution is 2.46. The first-order valence-corrected chi connectivity index (χ1v) is 6.76. The summed E-state index contributed by atoms with van der Waals surface area (Å²) in [6.07, 6.45) is 4.75. The van der Waals surface area contributed by atoms with E-state index in [1.165, 1.54) is 25.7 Å². The van der Waals surface area contributed by atoms with Crippen LogP contribution in [-0.2, 0) is 0 Å². The summed E-state index contributed by atoms with van der Waals surface area (Å²) in [5.74, 6) is 0.431. The van der Waals surface area contributed by atoms with Gasteiger partial charge in [0, 0.05) is 0 Å². The van der Waals surface area contributed by atoms with Crippen LogP contribution in [0.25, 0.3) is 0 Å². The molecule has 2 unspecified atom stereocenters. The molecule has 0 aliphatic heterocycles. The lowest BCUT2D eigenvalue weighted by atomic mass is 9.66. The van der Waals surface area contributed by atoms with Crippen LogP contribution >= 0.6 is 11.3 Å². The van der Waals surface area contributed by atoms with Crippen LogP contribution in [0.3, 0.4) is 0 Å². The Morgan fingerprint density at radius 3 is 2.87 bits per heavy atom. The lowest BCUT2D eigenvalue weighted by molar-refractivity contribution is 0.00409. The Labute approximate surface area is 96.1 Å². The zero-order chi connectivity index (χ0) is 10.9. The summed E-state index contributed by atoms with van der Waals surface area (Å²) in [6.45, 7) is 4.60. The summed E-state index contributed by atoms with van der Waals surface area (Å²) >= 11 is 1.67. The smallest absolute Gasteiger partial charge is 0.0831 e. The average Bonchev–Trinajstić information content (AvgIpc) is 2.69. The number of rotatable bonds is 2. The van der Waals surface area contributed by atoms with Crippen molar-refractivity contribution in [2.45, 2.75) is 45.6 Å². The maximum Gasteiger partial charge on any atom is 0.0831 e. The molecule has 0 saturated heterocycles. The van der Waals surface area contributed by atoms with E-state index in [-0.39, 0.29) is 6.10 Å². The minimum atomic E-state index is -0.258. The van der Waals surface area contributed by atoms with Gasteiger partial charge in [-0.2, -0.15) is 11.3 Å². The minimum Gasteiger partial charge on any atom is -0.388 e. The highest BCUT2D eigenvalue weighted by Gasteiger charge is 2.37. The Hall–Kier alpha value is -0.340. The molecule has 0 radical (unpaired) electrons. The van der Waals surface area contributed by atoms with E-state index in [0.717, 1.165) is 5.56 Å². The Morgan fingerprint density at radius 1 is 1.47 bits per heavy atom. The molecule has 1 nitrogen and oxygen atoms in total. The minimum absolute atomic E-state index is 0.258. The Kier molecular flexibility index (Phi) is 3.17. The van der Waals surface area contributed by atoms with E-state index in [0.29, 0.717) is 11.3 Å². The van der Waals surface area contributed by atoms with Gasteiger partial charge in [-0.25, -0.2) is 0 Å². The second-order valence-corrected chi connectivity index (χ2v) is 6.12. The molecule has 15 heavy (non-hydrogen) atoms. The van der Waals surface area contributed by atoms with Crippen LogP contribution in [-0.4, -0.2) is 5.11 Å². The highest BCUT2D eigenvalue weighted by molar-refractivity contribution is 7.07. The average molecular weight is 224 g/mol. The van der Waals surface area contributed by atoms with Gasteiger partial charge in [0.25, 0.3) is 0 Å². The van der Waals surface area contributed by atoms with Crippen molar-refractivity contribution in [3.05, 3.63) is 22.4 Å². The third-order valence-electron chi connectivity index (χ3n) is 3.86. The van der Waals surface area contributed by atoms with Crippen molar-refractivity contribution in [2.75, 3.05) is 0 Å². The molecule has 0 bridgehead atoms. The molecule has 2 rings (SSSR count). The fraction of sp³-hybridized carbons (Fsp3) is 0.692. The molecule has 1 aromatic heterocycles. The van der Waals surface area contributed by atoms with Crippen molar-refractivity contribution in [3.8, 4) is 0 Å². The van der Waals surface area contributed by atoms with Crippen molar-refractivity contribution in [1.29, 1.82) is 0 Å². The molecule has 1 N–H and O–H groups in total. The van der Waals surface area contributed by atoms with E-state index in [1.54, 1.807) is 11.3 Å².